The van der Waals surface area contributed by atoms with E-state index in [0.717, 1.165) is 45.9 Å². The highest BCUT2D eigenvalue weighted by Crippen LogP contribution is 2.31. The molecular formula is C23H27Cl2N3OS. The third kappa shape index (κ3) is 6.42. The average molecular weight is 464 g/mol. The Bertz CT molecular complexity index is 998. The Balaban J connectivity index is 1.71. The summed E-state index contributed by atoms with van der Waals surface area (Å²) in [6, 6.07) is 13.6. The van der Waals surface area contributed by atoms with Gasteiger partial charge in [0.25, 0.3) is 0 Å². The number of nitrogens with zero attached hydrogens (tertiary/aromatic N) is 1. The van der Waals surface area contributed by atoms with Gasteiger partial charge in [-0.2, -0.15) is 0 Å². The molecule has 0 fully saturated rings. The quantitative estimate of drug-likeness (QED) is 0.257. The van der Waals surface area contributed by atoms with E-state index in [1.54, 1.807) is 18.0 Å². The van der Waals surface area contributed by atoms with Crippen LogP contribution in [0.2, 0.25) is 10.0 Å². The number of para-hydroxylation sites is 1. The number of pyridine rings is 1. The molecule has 0 saturated carbocycles. The number of benzene rings is 2. The van der Waals surface area contributed by atoms with Crippen LogP contribution in [0, 0.1) is 12.8 Å². The lowest BCUT2D eigenvalue weighted by molar-refractivity contribution is 0.327. The fourth-order valence-electron chi connectivity index (χ4n) is 2.97. The summed E-state index contributed by atoms with van der Waals surface area (Å²) in [5.74, 6) is 2.54. The SMILES string of the molecule is Cc1cc(NCc2ccc(Cl)cc2Cl)c2cccc(OCCNSCC(C)C)c2n1. The van der Waals surface area contributed by atoms with Crippen LogP contribution in [-0.4, -0.2) is 23.9 Å². The maximum Gasteiger partial charge on any atom is 0.145 e. The average Bonchev–Trinajstić information content (AvgIpc) is 2.69. The molecule has 30 heavy (non-hydrogen) atoms. The fourth-order valence-corrected chi connectivity index (χ4v) is 4.12. The van der Waals surface area contributed by atoms with E-state index >= 15 is 0 Å². The minimum absolute atomic E-state index is 0.586. The maximum absolute atomic E-state index is 6.32. The molecule has 1 aromatic heterocycles. The van der Waals surface area contributed by atoms with Gasteiger partial charge in [0.05, 0.1) is 0 Å². The number of halogens is 2. The van der Waals surface area contributed by atoms with E-state index in [-0.39, 0.29) is 0 Å². The van der Waals surface area contributed by atoms with Crippen molar-refractivity contribution in [3.63, 3.8) is 0 Å². The van der Waals surface area contributed by atoms with Gasteiger partial charge in [-0.15, -0.1) is 0 Å². The molecule has 0 amide bonds. The molecule has 1 heterocycles. The fraction of sp³-hybridized carbons (Fsp3) is 0.348. The Kier molecular flexibility index (Phi) is 8.51. The number of aryl methyl sites for hydroxylation is 1. The highest BCUT2D eigenvalue weighted by molar-refractivity contribution is 7.97. The molecule has 0 unspecified atom stereocenters. The van der Waals surface area contributed by atoms with Crippen LogP contribution in [0.25, 0.3) is 10.9 Å². The summed E-state index contributed by atoms with van der Waals surface area (Å²) < 4.78 is 9.37. The molecule has 3 aromatic rings. The normalized spacial score (nSPS) is 11.3. The Morgan fingerprint density at radius 3 is 2.73 bits per heavy atom. The zero-order valence-corrected chi connectivity index (χ0v) is 19.8. The third-order valence-electron chi connectivity index (χ3n) is 4.40. The van der Waals surface area contributed by atoms with Crippen molar-refractivity contribution >= 4 is 51.7 Å². The first-order valence-corrected chi connectivity index (χ1v) is 11.7. The third-order valence-corrected chi connectivity index (χ3v) is 6.22. The minimum atomic E-state index is 0.586. The van der Waals surface area contributed by atoms with Gasteiger partial charge in [0.1, 0.15) is 17.9 Å². The molecule has 0 aliphatic carbocycles. The lowest BCUT2D eigenvalue weighted by atomic mass is 10.1. The van der Waals surface area contributed by atoms with Crippen molar-refractivity contribution in [1.29, 1.82) is 0 Å². The van der Waals surface area contributed by atoms with Crippen molar-refractivity contribution in [2.45, 2.75) is 27.3 Å². The van der Waals surface area contributed by atoms with Crippen molar-refractivity contribution in [1.82, 2.24) is 9.71 Å². The lowest BCUT2D eigenvalue weighted by Gasteiger charge is -2.14. The predicted octanol–water partition coefficient (Wildman–Crippen LogP) is 6.73. The lowest BCUT2D eigenvalue weighted by Crippen LogP contribution is -2.16. The molecule has 0 aliphatic heterocycles. The monoisotopic (exact) mass is 463 g/mol. The number of aromatic nitrogens is 1. The summed E-state index contributed by atoms with van der Waals surface area (Å²) in [5, 5.41) is 5.79. The van der Waals surface area contributed by atoms with Gasteiger partial charge in [0.15, 0.2) is 0 Å². The van der Waals surface area contributed by atoms with Crippen molar-refractivity contribution < 1.29 is 4.74 Å². The second kappa shape index (κ2) is 11.1. The second-order valence-electron chi connectivity index (χ2n) is 7.50. The number of rotatable bonds is 10. The number of ether oxygens (including phenoxy) is 1. The molecule has 2 N–H and O–H groups in total. The molecule has 0 radical (unpaired) electrons. The number of hydrogen-bond donors (Lipinski definition) is 2. The smallest absolute Gasteiger partial charge is 0.145 e. The highest BCUT2D eigenvalue weighted by Gasteiger charge is 2.10. The van der Waals surface area contributed by atoms with Gasteiger partial charge in [0, 0.05) is 45.7 Å². The van der Waals surface area contributed by atoms with Gasteiger partial charge in [0.2, 0.25) is 0 Å². The second-order valence-corrected chi connectivity index (χ2v) is 9.25. The Morgan fingerprint density at radius 2 is 1.97 bits per heavy atom. The number of anilines is 1. The summed E-state index contributed by atoms with van der Waals surface area (Å²) in [6.07, 6.45) is 0. The van der Waals surface area contributed by atoms with Crippen molar-refractivity contribution in [2.75, 3.05) is 24.2 Å². The molecule has 0 saturated heterocycles. The van der Waals surface area contributed by atoms with E-state index in [1.807, 2.05) is 37.3 Å². The molecule has 160 valence electrons. The van der Waals surface area contributed by atoms with Crippen LogP contribution in [-0.2, 0) is 6.54 Å². The largest absolute Gasteiger partial charge is 0.490 e. The molecule has 4 nitrogen and oxygen atoms in total. The van der Waals surface area contributed by atoms with Crippen LogP contribution in [0.5, 0.6) is 5.75 Å². The van der Waals surface area contributed by atoms with E-state index < -0.39 is 0 Å². The molecule has 0 spiro atoms. The Hall–Kier alpha value is -1.66. The summed E-state index contributed by atoms with van der Waals surface area (Å²) in [5.41, 5.74) is 3.77. The number of nitrogens with one attached hydrogen (secondary N) is 2. The summed E-state index contributed by atoms with van der Waals surface area (Å²) in [7, 11) is 0. The van der Waals surface area contributed by atoms with Crippen LogP contribution in [0.3, 0.4) is 0 Å². The van der Waals surface area contributed by atoms with Crippen LogP contribution in [0.1, 0.15) is 25.1 Å². The van der Waals surface area contributed by atoms with E-state index in [4.69, 9.17) is 32.9 Å². The van der Waals surface area contributed by atoms with E-state index in [9.17, 15) is 0 Å². The van der Waals surface area contributed by atoms with E-state index in [1.165, 1.54) is 0 Å². The zero-order chi connectivity index (χ0) is 21.5. The van der Waals surface area contributed by atoms with E-state index in [0.29, 0.717) is 29.1 Å². The van der Waals surface area contributed by atoms with Crippen LogP contribution in [0.4, 0.5) is 5.69 Å². The Morgan fingerprint density at radius 1 is 1.13 bits per heavy atom. The van der Waals surface area contributed by atoms with Crippen molar-refractivity contribution in [3.05, 3.63) is 63.8 Å². The van der Waals surface area contributed by atoms with Crippen LogP contribution >= 0.6 is 35.1 Å². The van der Waals surface area contributed by atoms with Crippen LogP contribution in [0.15, 0.2) is 42.5 Å². The molecule has 0 atom stereocenters. The zero-order valence-electron chi connectivity index (χ0n) is 17.5. The highest BCUT2D eigenvalue weighted by atomic mass is 35.5. The summed E-state index contributed by atoms with van der Waals surface area (Å²) in [6.45, 7) is 8.36. The minimum Gasteiger partial charge on any atom is -0.490 e. The molecule has 2 aromatic carbocycles. The van der Waals surface area contributed by atoms with Gasteiger partial charge < -0.3 is 10.1 Å². The topological polar surface area (TPSA) is 46.2 Å². The summed E-state index contributed by atoms with van der Waals surface area (Å²) in [4.78, 5) is 4.72. The van der Waals surface area contributed by atoms with Crippen molar-refractivity contribution in [2.24, 2.45) is 5.92 Å². The predicted molar refractivity (Wildman–Crippen MR) is 131 cm³/mol. The summed E-state index contributed by atoms with van der Waals surface area (Å²) >= 11 is 14.1. The number of fused-ring (bicyclic) bond motifs is 1. The van der Waals surface area contributed by atoms with E-state index in [2.05, 4.69) is 30.0 Å². The maximum atomic E-state index is 6.32. The van der Waals surface area contributed by atoms with Gasteiger partial charge in [-0.3, -0.25) is 4.72 Å². The molecule has 7 heteroatoms. The molecular weight excluding hydrogens is 437 g/mol. The molecule has 0 bridgehead atoms. The Labute approximate surface area is 192 Å². The number of hydrogen-bond acceptors (Lipinski definition) is 5. The van der Waals surface area contributed by atoms with Gasteiger partial charge in [-0.1, -0.05) is 67.2 Å². The molecule has 3 rings (SSSR count). The molecule has 0 aliphatic rings. The van der Waals surface area contributed by atoms with Crippen molar-refractivity contribution in [3.8, 4) is 5.75 Å². The first kappa shape index (κ1) is 23.0. The van der Waals surface area contributed by atoms with Gasteiger partial charge >= 0.3 is 0 Å². The van der Waals surface area contributed by atoms with Gasteiger partial charge in [-0.05, 0) is 42.7 Å². The standard InChI is InChI=1S/C23H27Cl2N3OS/c1-15(2)14-30-27-9-10-29-22-6-4-5-19-21(11-16(3)28-23(19)22)26-13-17-7-8-18(24)12-20(17)25/h4-8,11-12,15,27H,9-10,13-14H2,1-3H3,(H,26,28). The van der Waals surface area contributed by atoms with Gasteiger partial charge in [-0.25, -0.2) is 4.98 Å². The first-order valence-electron chi connectivity index (χ1n) is 9.99. The van der Waals surface area contributed by atoms with Crippen LogP contribution < -0.4 is 14.8 Å². The first-order chi connectivity index (χ1) is 14.4.